The smallest absolute Gasteiger partial charge is 0.462 e. The van der Waals surface area contributed by atoms with Gasteiger partial charge in [-0.25, -0.2) is 9.13 Å². The number of carbonyl (C=O) groups excluding carboxylic acids is 2. The monoisotopic (exact) mass is 965 g/mol. The minimum absolute atomic E-state index is 0.0262. The molecule has 8 atom stereocenters. The Morgan fingerprint density at radius 1 is 0.508 bits per heavy atom. The average Bonchev–Trinajstić information content (AvgIpc) is 3.26. The second kappa shape index (κ2) is 37.7. The number of aliphatic hydroxyl groups excluding tert-OH is 4. The molecule has 1 aliphatic carbocycles. The standard InChI is InChI=1S/C47H82O16P2/c1-3-5-7-9-11-13-15-17-19-20-22-23-25-27-29-31-33-35-40(48)59-37-39(61-41(49)36-34-32-30-28-26-24-21-18-16-14-12-10-8-6-4-2)38-60-65(57,58)63-47-44(52)42(50)43(51)46(45(47)53)62-64(54,55)56/h5,7,11,13,17-19,21-23,39,42-47,50-53H,3-4,6,8-10,12,14-16,20,24-38H2,1-2H3,(H,57,58)(H2,54,55,56)/t39-,42?,43?,44?,45?,46-,47+/m1/s1. The number of phosphoric acid groups is 2. The fourth-order valence-electron chi connectivity index (χ4n) is 6.89. The third kappa shape index (κ3) is 32.2. The van der Waals surface area contributed by atoms with E-state index in [1.54, 1.807) is 0 Å². The van der Waals surface area contributed by atoms with Crippen molar-refractivity contribution in [1.29, 1.82) is 0 Å². The Labute approximate surface area is 388 Å². The maximum Gasteiger partial charge on any atom is 0.472 e. The van der Waals surface area contributed by atoms with Gasteiger partial charge in [0.2, 0.25) is 0 Å². The second-order valence-corrected chi connectivity index (χ2v) is 19.0. The molecule has 65 heavy (non-hydrogen) atoms. The molecule has 0 saturated heterocycles. The molecule has 0 heterocycles. The van der Waals surface area contributed by atoms with Crippen LogP contribution in [0.4, 0.5) is 0 Å². The van der Waals surface area contributed by atoms with Crippen LogP contribution in [0.1, 0.15) is 168 Å². The molecule has 0 amide bonds. The van der Waals surface area contributed by atoms with E-state index in [4.69, 9.17) is 18.5 Å². The Hall–Kier alpha value is -2.30. The molecule has 0 aromatic rings. The Morgan fingerprint density at radius 2 is 0.938 bits per heavy atom. The summed E-state index contributed by atoms with van der Waals surface area (Å²) in [5, 5.41) is 41.2. The Balaban J connectivity index is 2.61. The van der Waals surface area contributed by atoms with Gasteiger partial charge in [0, 0.05) is 12.8 Å². The Kier molecular flexibility index (Phi) is 35.2. The molecular weight excluding hydrogens is 882 g/mol. The summed E-state index contributed by atoms with van der Waals surface area (Å²) in [7, 11) is -10.7. The van der Waals surface area contributed by atoms with Crippen molar-refractivity contribution in [1.82, 2.24) is 0 Å². The topological polar surface area (TPSA) is 256 Å². The number of allylic oxidation sites excluding steroid dienone is 10. The fraction of sp³-hybridized carbons (Fsp3) is 0.745. The van der Waals surface area contributed by atoms with Gasteiger partial charge in [-0.3, -0.25) is 23.2 Å². The normalized spacial score (nSPS) is 22.2. The first-order chi connectivity index (χ1) is 31.1. The molecule has 0 spiro atoms. The molecular formula is C47H82O16P2. The van der Waals surface area contributed by atoms with Gasteiger partial charge in [-0.1, -0.05) is 139 Å². The van der Waals surface area contributed by atoms with Crippen LogP contribution in [0, 0.1) is 0 Å². The fourth-order valence-corrected chi connectivity index (χ4v) is 8.43. The maximum atomic E-state index is 13.0. The van der Waals surface area contributed by atoms with Gasteiger partial charge < -0.3 is 44.6 Å². The maximum absolute atomic E-state index is 13.0. The molecule has 0 bridgehead atoms. The number of hydrogen-bond donors (Lipinski definition) is 7. The number of phosphoric ester groups is 2. The van der Waals surface area contributed by atoms with Crippen molar-refractivity contribution < 1.29 is 76.9 Å². The van der Waals surface area contributed by atoms with Gasteiger partial charge in [0.15, 0.2) is 6.10 Å². The highest BCUT2D eigenvalue weighted by Crippen LogP contribution is 2.49. The zero-order valence-electron chi connectivity index (χ0n) is 38.9. The number of ether oxygens (including phenoxy) is 2. The summed E-state index contributed by atoms with van der Waals surface area (Å²) in [4.78, 5) is 54.3. The van der Waals surface area contributed by atoms with E-state index in [2.05, 4.69) is 79.1 Å². The van der Waals surface area contributed by atoms with E-state index < -0.39 is 83.5 Å². The first-order valence-corrected chi connectivity index (χ1v) is 26.9. The van der Waals surface area contributed by atoms with E-state index in [-0.39, 0.29) is 12.8 Å². The van der Waals surface area contributed by atoms with Gasteiger partial charge in [-0.2, -0.15) is 0 Å². The third-order valence-corrected chi connectivity index (χ3v) is 12.1. The van der Waals surface area contributed by atoms with Crippen molar-refractivity contribution in [2.75, 3.05) is 13.2 Å². The lowest BCUT2D eigenvalue weighted by Gasteiger charge is -2.43. The van der Waals surface area contributed by atoms with Gasteiger partial charge in [0.25, 0.3) is 0 Å². The van der Waals surface area contributed by atoms with Crippen LogP contribution in [0.15, 0.2) is 60.8 Å². The molecule has 0 aromatic heterocycles. The van der Waals surface area contributed by atoms with Crippen LogP contribution in [0.3, 0.4) is 0 Å². The third-order valence-electron chi connectivity index (χ3n) is 10.6. The Bertz CT molecular complexity index is 1490. The zero-order chi connectivity index (χ0) is 48.2. The van der Waals surface area contributed by atoms with E-state index in [1.165, 1.54) is 38.5 Å². The molecule has 0 aromatic carbocycles. The van der Waals surface area contributed by atoms with Crippen molar-refractivity contribution in [3.05, 3.63) is 60.8 Å². The summed E-state index contributed by atoms with van der Waals surface area (Å²) < 4.78 is 49.4. The molecule has 5 unspecified atom stereocenters. The highest BCUT2D eigenvalue weighted by molar-refractivity contribution is 7.47. The van der Waals surface area contributed by atoms with Crippen LogP contribution in [0.5, 0.6) is 0 Å². The molecule has 0 radical (unpaired) electrons. The molecule has 18 heteroatoms. The van der Waals surface area contributed by atoms with E-state index >= 15 is 0 Å². The number of unbranched alkanes of at least 4 members (excludes halogenated alkanes) is 15. The van der Waals surface area contributed by atoms with Gasteiger partial charge in [0.05, 0.1) is 6.61 Å². The lowest BCUT2D eigenvalue weighted by Crippen LogP contribution is -2.64. The summed E-state index contributed by atoms with van der Waals surface area (Å²) in [6.07, 6.45) is 28.9. The molecule has 376 valence electrons. The highest BCUT2D eigenvalue weighted by Gasteiger charge is 2.54. The van der Waals surface area contributed by atoms with Gasteiger partial charge in [0.1, 0.15) is 43.2 Å². The Morgan fingerprint density at radius 3 is 1.45 bits per heavy atom. The lowest BCUT2D eigenvalue weighted by atomic mass is 9.85. The number of aliphatic hydroxyl groups is 4. The molecule has 16 nitrogen and oxygen atoms in total. The first kappa shape index (κ1) is 60.7. The van der Waals surface area contributed by atoms with Crippen molar-refractivity contribution in [2.45, 2.75) is 211 Å². The summed E-state index contributed by atoms with van der Waals surface area (Å²) in [6.45, 7) is 2.96. The highest BCUT2D eigenvalue weighted by atomic mass is 31.2. The van der Waals surface area contributed by atoms with Crippen molar-refractivity contribution in [3.63, 3.8) is 0 Å². The van der Waals surface area contributed by atoms with Crippen molar-refractivity contribution >= 4 is 27.6 Å². The van der Waals surface area contributed by atoms with Crippen LogP contribution in [-0.2, 0) is 41.8 Å². The van der Waals surface area contributed by atoms with Crippen LogP contribution in [0.2, 0.25) is 0 Å². The second-order valence-electron chi connectivity index (χ2n) is 16.4. The first-order valence-electron chi connectivity index (χ1n) is 23.8. The van der Waals surface area contributed by atoms with E-state index in [9.17, 15) is 53.8 Å². The molecule has 1 fully saturated rings. The van der Waals surface area contributed by atoms with Gasteiger partial charge in [-0.05, 0) is 77.0 Å². The summed E-state index contributed by atoms with van der Waals surface area (Å²) in [6, 6.07) is 0. The molecule has 1 aliphatic rings. The number of carbonyl (C=O) groups is 2. The summed E-state index contributed by atoms with van der Waals surface area (Å²) in [5.74, 6) is -1.25. The van der Waals surface area contributed by atoms with E-state index in [0.717, 1.165) is 89.9 Å². The zero-order valence-corrected chi connectivity index (χ0v) is 40.7. The predicted octanol–water partition coefficient (Wildman–Crippen LogP) is 9.06. The summed E-state index contributed by atoms with van der Waals surface area (Å²) >= 11 is 0. The molecule has 1 saturated carbocycles. The number of rotatable bonds is 39. The van der Waals surface area contributed by atoms with Crippen LogP contribution in [0.25, 0.3) is 0 Å². The van der Waals surface area contributed by atoms with Crippen LogP contribution < -0.4 is 0 Å². The van der Waals surface area contributed by atoms with E-state index in [0.29, 0.717) is 12.8 Å². The van der Waals surface area contributed by atoms with Gasteiger partial charge in [-0.15, -0.1) is 0 Å². The average molecular weight is 965 g/mol. The summed E-state index contributed by atoms with van der Waals surface area (Å²) in [5.41, 5.74) is 0. The van der Waals surface area contributed by atoms with Crippen molar-refractivity contribution in [3.8, 4) is 0 Å². The molecule has 0 aliphatic heterocycles. The molecule has 1 rings (SSSR count). The van der Waals surface area contributed by atoms with Crippen LogP contribution >= 0.6 is 15.6 Å². The molecule has 7 N–H and O–H groups in total. The van der Waals surface area contributed by atoms with Gasteiger partial charge >= 0.3 is 27.6 Å². The van der Waals surface area contributed by atoms with Crippen molar-refractivity contribution in [2.24, 2.45) is 0 Å². The minimum atomic E-state index is -5.37. The number of esters is 2. The lowest BCUT2D eigenvalue weighted by molar-refractivity contribution is -0.216. The van der Waals surface area contributed by atoms with E-state index in [1.807, 2.05) is 0 Å². The largest absolute Gasteiger partial charge is 0.472 e. The number of hydrogen-bond acceptors (Lipinski definition) is 13. The van der Waals surface area contributed by atoms with Crippen LogP contribution in [-0.4, -0.2) is 103 Å². The predicted molar refractivity (Wildman–Crippen MR) is 250 cm³/mol. The quantitative estimate of drug-likeness (QED) is 0.0131. The minimum Gasteiger partial charge on any atom is -0.462 e. The SMILES string of the molecule is CCC=CCC=CCC=CCC=CCCCCCCC(=O)OC[C@H](COP(=O)(O)O[C@H]1C(O)C(O)C(O)[C@@H](OP(=O)(O)O)C1O)OC(=O)CCCCCCCC=CCCCCCCCC.